The van der Waals surface area contributed by atoms with Crippen molar-refractivity contribution in [2.45, 2.75) is 25.8 Å². The number of carbonyl (C=O) groups is 1. The van der Waals surface area contributed by atoms with Gasteiger partial charge in [0, 0.05) is 6.54 Å². The number of hydrogen-bond donors (Lipinski definition) is 1. The van der Waals surface area contributed by atoms with Gasteiger partial charge in [0.15, 0.2) is 0 Å². The highest BCUT2D eigenvalue weighted by Gasteiger charge is 2.29. The molecule has 1 heterocycles. The van der Waals surface area contributed by atoms with Crippen LogP contribution in [0.25, 0.3) is 0 Å². The van der Waals surface area contributed by atoms with E-state index in [9.17, 15) is 4.79 Å². The average Bonchev–Trinajstić information content (AvgIpc) is 3.11. The van der Waals surface area contributed by atoms with Gasteiger partial charge in [0.1, 0.15) is 5.75 Å². The maximum Gasteiger partial charge on any atom is 0.242 e. The van der Waals surface area contributed by atoms with Gasteiger partial charge in [0.2, 0.25) is 5.91 Å². The molecule has 132 valence electrons. The fourth-order valence-corrected chi connectivity index (χ4v) is 3.44. The van der Waals surface area contributed by atoms with Crippen molar-refractivity contribution in [1.29, 1.82) is 0 Å². The van der Waals surface area contributed by atoms with E-state index in [-0.39, 0.29) is 18.5 Å². The number of likely N-dealkylation sites (tertiary alicyclic amines) is 1. The average molecular weight is 359 g/mol. The molecule has 1 unspecified atom stereocenters. The molecular weight excluding hydrogens is 336 g/mol. The molecule has 1 N–H and O–H groups in total. The highest BCUT2D eigenvalue weighted by Crippen LogP contribution is 2.33. The number of carbonyl (C=O) groups excluding carboxylic acids is 1. The molecule has 4 nitrogen and oxygen atoms in total. The van der Waals surface area contributed by atoms with Crippen LogP contribution in [0.3, 0.4) is 0 Å². The molecule has 1 aliphatic heterocycles. The van der Waals surface area contributed by atoms with E-state index in [0.717, 1.165) is 36.4 Å². The van der Waals surface area contributed by atoms with Crippen LogP contribution < -0.4 is 10.1 Å². The van der Waals surface area contributed by atoms with Crippen LogP contribution in [-0.4, -0.2) is 30.5 Å². The summed E-state index contributed by atoms with van der Waals surface area (Å²) in [5.74, 6) is 0.957. The van der Waals surface area contributed by atoms with Crippen LogP contribution in [0, 0.1) is 0 Å². The fraction of sp³-hybridized carbons (Fsp3) is 0.350. The zero-order chi connectivity index (χ0) is 17.6. The molecule has 0 aliphatic carbocycles. The van der Waals surface area contributed by atoms with E-state index in [1.54, 1.807) is 0 Å². The smallest absolute Gasteiger partial charge is 0.242 e. The van der Waals surface area contributed by atoms with Gasteiger partial charge < -0.3 is 15.0 Å². The van der Waals surface area contributed by atoms with Crippen LogP contribution in [0.5, 0.6) is 5.75 Å². The minimum Gasteiger partial charge on any atom is -0.494 e. The third kappa shape index (κ3) is 4.26. The van der Waals surface area contributed by atoms with Crippen LogP contribution in [0.4, 0.5) is 5.69 Å². The maximum atomic E-state index is 12.7. The second-order valence-corrected chi connectivity index (χ2v) is 6.49. The fourth-order valence-electron chi connectivity index (χ4n) is 3.24. The number of hydrogen-bond acceptors (Lipinski definition) is 3. The second kappa shape index (κ2) is 8.26. The van der Waals surface area contributed by atoms with E-state index < -0.39 is 0 Å². The number of anilines is 1. The largest absolute Gasteiger partial charge is 0.494 e. The Hall–Kier alpha value is -2.20. The van der Waals surface area contributed by atoms with Gasteiger partial charge in [-0.15, -0.1) is 0 Å². The lowest BCUT2D eigenvalue weighted by atomic mass is 10.0. The predicted molar refractivity (Wildman–Crippen MR) is 101 cm³/mol. The van der Waals surface area contributed by atoms with Crippen LogP contribution in [0.1, 0.15) is 31.4 Å². The topological polar surface area (TPSA) is 41.6 Å². The molecule has 2 aromatic rings. The molecule has 1 saturated heterocycles. The van der Waals surface area contributed by atoms with Crippen LogP contribution in [0.15, 0.2) is 48.5 Å². The zero-order valence-corrected chi connectivity index (χ0v) is 15.1. The Kier molecular flexibility index (Phi) is 5.82. The van der Waals surface area contributed by atoms with Gasteiger partial charge >= 0.3 is 0 Å². The van der Waals surface area contributed by atoms with Crippen LogP contribution in [-0.2, 0) is 4.79 Å². The van der Waals surface area contributed by atoms with E-state index in [2.05, 4.69) is 17.4 Å². The van der Waals surface area contributed by atoms with Gasteiger partial charge in [-0.25, -0.2) is 0 Å². The first-order valence-corrected chi connectivity index (χ1v) is 9.07. The first-order valence-electron chi connectivity index (χ1n) is 8.69. The maximum absolute atomic E-state index is 12.7. The highest BCUT2D eigenvalue weighted by molar-refractivity contribution is 6.33. The quantitative estimate of drug-likeness (QED) is 0.825. The van der Waals surface area contributed by atoms with Gasteiger partial charge in [-0.1, -0.05) is 35.9 Å². The van der Waals surface area contributed by atoms with Crippen molar-refractivity contribution >= 4 is 23.2 Å². The molecule has 1 fully saturated rings. The van der Waals surface area contributed by atoms with E-state index in [1.807, 2.05) is 48.2 Å². The number of ether oxygens (including phenoxy) is 1. The molecule has 1 atom stereocenters. The number of halogens is 1. The van der Waals surface area contributed by atoms with Gasteiger partial charge in [0.05, 0.1) is 29.9 Å². The van der Waals surface area contributed by atoms with Crippen molar-refractivity contribution in [2.24, 2.45) is 0 Å². The van der Waals surface area contributed by atoms with E-state index >= 15 is 0 Å². The zero-order valence-electron chi connectivity index (χ0n) is 14.4. The third-order valence-electron chi connectivity index (χ3n) is 4.45. The first kappa shape index (κ1) is 17.6. The number of rotatable bonds is 6. The minimum atomic E-state index is 0.0938. The molecule has 0 bridgehead atoms. The standard InChI is InChI=1S/C20H23ClN2O2/c1-2-25-16-11-9-15(10-12-16)19-8-5-13-23(19)20(24)14-22-18-7-4-3-6-17(18)21/h3-4,6-7,9-12,19,22H,2,5,8,13-14H2,1H3. The number of nitrogens with zero attached hydrogens (tertiary/aromatic N) is 1. The Morgan fingerprint density at radius 2 is 2.00 bits per heavy atom. The Bertz CT molecular complexity index is 718. The molecule has 5 heteroatoms. The van der Waals surface area contributed by atoms with Crippen LogP contribution in [0.2, 0.25) is 5.02 Å². The molecule has 1 amide bonds. The molecule has 25 heavy (non-hydrogen) atoms. The van der Waals surface area contributed by atoms with Crippen molar-refractivity contribution in [2.75, 3.05) is 25.0 Å². The number of amides is 1. The van der Waals surface area contributed by atoms with Crippen molar-refractivity contribution < 1.29 is 9.53 Å². The van der Waals surface area contributed by atoms with Crippen molar-refractivity contribution in [3.8, 4) is 5.75 Å². The summed E-state index contributed by atoms with van der Waals surface area (Å²) in [5.41, 5.74) is 1.95. The SMILES string of the molecule is CCOc1ccc(C2CCCN2C(=O)CNc2ccccc2Cl)cc1. The summed E-state index contributed by atoms with van der Waals surface area (Å²) in [7, 11) is 0. The summed E-state index contributed by atoms with van der Waals surface area (Å²) >= 11 is 6.13. The van der Waals surface area contributed by atoms with Gasteiger partial charge in [0.25, 0.3) is 0 Å². The van der Waals surface area contributed by atoms with E-state index in [1.165, 1.54) is 0 Å². The predicted octanol–water partition coefficient (Wildman–Crippen LogP) is 4.51. The Balaban J connectivity index is 1.64. The summed E-state index contributed by atoms with van der Waals surface area (Å²) in [6.07, 6.45) is 2.02. The molecule has 0 spiro atoms. The van der Waals surface area contributed by atoms with Crippen molar-refractivity contribution in [3.63, 3.8) is 0 Å². The van der Waals surface area contributed by atoms with Gasteiger partial charge in [-0.05, 0) is 49.6 Å². The van der Waals surface area contributed by atoms with Gasteiger partial charge in [-0.3, -0.25) is 4.79 Å². The molecular formula is C20H23ClN2O2. The summed E-state index contributed by atoms with van der Waals surface area (Å²) in [6.45, 7) is 3.66. The normalized spacial score (nSPS) is 16.7. The second-order valence-electron chi connectivity index (χ2n) is 6.08. The first-order chi connectivity index (χ1) is 12.2. The van der Waals surface area contributed by atoms with E-state index in [0.29, 0.717) is 11.6 Å². The summed E-state index contributed by atoms with van der Waals surface area (Å²) in [6, 6.07) is 15.7. The monoisotopic (exact) mass is 358 g/mol. The Morgan fingerprint density at radius 1 is 1.24 bits per heavy atom. The lowest BCUT2D eigenvalue weighted by molar-refractivity contribution is -0.130. The third-order valence-corrected chi connectivity index (χ3v) is 4.78. The lowest BCUT2D eigenvalue weighted by Crippen LogP contribution is -2.35. The number of para-hydroxylation sites is 1. The molecule has 3 rings (SSSR count). The van der Waals surface area contributed by atoms with Crippen molar-refractivity contribution in [1.82, 2.24) is 4.90 Å². The number of benzene rings is 2. The number of nitrogens with one attached hydrogen (secondary N) is 1. The highest BCUT2D eigenvalue weighted by atomic mass is 35.5. The minimum absolute atomic E-state index is 0.0938. The molecule has 2 aromatic carbocycles. The molecule has 0 radical (unpaired) electrons. The summed E-state index contributed by atoms with van der Waals surface area (Å²) in [5, 5.41) is 3.77. The van der Waals surface area contributed by atoms with Crippen molar-refractivity contribution in [3.05, 3.63) is 59.1 Å². The Morgan fingerprint density at radius 3 is 2.72 bits per heavy atom. The summed E-state index contributed by atoms with van der Waals surface area (Å²) in [4.78, 5) is 14.6. The lowest BCUT2D eigenvalue weighted by Gasteiger charge is -2.25. The summed E-state index contributed by atoms with van der Waals surface area (Å²) < 4.78 is 5.49. The van der Waals surface area contributed by atoms with Crippen LogP contribution >= 0.6 is 11.6 Å². The molecule has 0 aromatic heterocycles. The van der Waals surface area contributed by atoms with E-state index in [4.69, 9.17) is 16.3 Å². The molecule has 0 saturated carbocycles. The molecule has 1 aliphatic rings. The van der Waals surface area contributed by atoms with Gasteiger partial charge in [-0.2, -0.15) is 0 Å². The Labute approximate surface area is 153 Å².